The summed E-state index contributed by atoms with van der Waals surface area (Å²) in [5.74, 6) is 0.608. The molecule has 8 nitrogen and oxygen atoms in total. The molecule has 0 bridgehead atoms. The number of para-hydroxylation sites is 1. The van der Waals surface area contributed by atoms with Gasteiger partial charge >= 0.3 is 6.03 Å². The van der Waals surface area contributed by atoms with Crippen LogP contribution in [0.25, 0.3) is 6.08 Å². The second kappa shape index (κ2) is 7.92. The standard InChI is InChI=1S/C24H16N2O6/c27-22-19(12-15-5-4-8-18(11-15)32-17-6-2-1-3-7-17)23(28)26(24(29)25-22)16-9-10-20-21(13-16)31-14-30-20/h1-13H,14H2,(H,25,27,29). The Morgan fingerprint density at radius 2 is 1.62 bits per heavy atom. The van der Waals surface area contributed by atoms with Crippen molar-refractivity contribution in [2.45, 2.75) is 0 Å². The number of nitrogens with one attached hydrogen (secondary N) is 1. The predicted octanol–water partition coefficient (Wildman–Crippen LogP) is 3.87. The normalized spacial score (nSPS) is 16.3. The molecule has 0 unspecified atom stereocenters. The highest BCUT2D eigenvalue weighted by molar-refractivity contribution is 6.39. The first-order valence-electron chi connectivity index (χ1n) is 9.72. The molecule has 2 heterocycles. The van der Waals surface area contributed by atoms with Crippen LogP contribution in [0.2, 0.25) is 0 Å². The molecule has 32 heavy (non-hydrogen) atoms. The van der Waals surface area contributed by atoms with E-state index in [1.165, 1.54) is 12.1 Å². The van der Waals surface area contributed by atoms with Gasteiger partial charge in [0.1, 0.15) is 17.1 Å². The van der Waals surface area contributed by atoms with E-state index in [0.717, 1.165) is 4.90 Å². The molecule has 1 N–H and O–H groups in total. The number of urea groups is 1. The largest absolute Gasteiger partial charge is 0.457 e. The van der Waals surface area contributed by atoms with E-state index in [1.54, 1.807) is 36.4 Å². The van der Waals surface area contributed by atoms with Gasteiger partial charge in [-0.25, -0.2) is 9.69 Å². The van der Waals surface area contributed by atoms with E-state index in [-0.39, 0.29) is 18.1 Å². The number of hydrogen-bond acceptors (Lipinski definition) is 6. The minimum Gasteiger partial charge on any atom is -0.457 e. The van der Waals surface area contributed by atoms with E-state index < -0.39 is 17.8 Å². The number of benzene rings is 3. The lowest BCUT2D eigenvalue weighted by Gasteiger charge is -2.26. The molecule has 0 saturated carbocycles. The van der Waals surface area contributed by atoms with Crippen molar-refractivity contribution in [1.29, 1.82) is 0 Å². The van der Waals surface area contributed by atoms with Crippen molar-refractivity contribution < 1.29 is 28.6 Å². The van der Waals surface area contributed by atoms with Crippen LogP contribution in [0.15, 0.2) is 78.4 Å². The first-order valence-corrected chi connectivity index (χ1v) is 9.72. The van der Waals surface area contributed by atoms with Gasteiger partial charge < -0.3 is 14.2 Å². The van der Waals surface area contributed by atoms with Gasteiger partial charge in [0.25, 0.3) is 11.8 Å². The molecule has 2 aliphatic heterocycles. The summed E-state index contributed by atoms with van der Waals surface area (Å²) in [7, 11) is 0. The van der Waals surface area contributed by atoms with Crippen molar-refractivity contribution in [2.24, 2.45) is 0 Å². The molecule has 1 fully saturated rings. The quantitative estimate of drug-likeness (QED) is 0.501. The number of carbonyl (C=O) groups is 3. The van der Waals surface area contributed by atoms with E-state index in [0.29, 0.717) is 28.6 Å². The van der Waals surface area contributed by atoms with Crippen molar-refractivity contribution in [3.63, 3.8) is 0 Å². The number of nitrogens with zero attached hydrogens (tertiary/aromatic N) is 1. The van der Waals surface area contributed by atoms with Gasteiger partial charge in [0.15, 0.2) is 11.5 Å². The third-order valence-electron chi connectivity index (χ3n) is 4.86. The zero-order valence-electron chi connectivity index (χ0n) is 16.6. The fraction of sp³-hybridized carbons (Fsp3) is 0.0417. The molecular weight excluding hydrogens is 412 g/mol. The van der Waals surface area contributed by atoms with Crippen molar-refractivity contribution in [3.8, 4) is 23.0 Å². The van der Waals surface area contributed by atoms with Crippen LogP contribution >= 0.6 is 0 Å². The highest BCUT2D eigenvalue weighted by Gasteiger charge is 2.37. The minimum atomic E-state index is -0.836. The topological polar surface area (TPSA) is 94.2 Å². The van der Waals surface area contributed by atoms with Gasteiger partial charge in [-0.1, -0.05) is 30.3 Å². The van der Waals surface area contributed by atoms with Crippen LogP contribution in [0, 0.1) is 0 Å². The summed E-state index contributed by atoms with van der Waals surface area (Å²) in [5, 5.41) is 2.21. The molecule has 3 aromatic carbocycles. The molecule has 5 rings (SSSR count). The van der Waals surface area contributed by atoms with Gasteiger partial charge in [0.05, 0.1) is 5.69 Å². The van der Waals surface area contributed by atoms with Gasteiger partial charge in [-0.2, -0.15) is 0 Å². The molecule has 2 aliphatic rings. The highest BCUT2D eigenvalue weighted by Crippen LogP contribution is 2.36. The Hall–Kier alpha value is -4.59. The lowest BCUT2D eigenvalue weighted by atomic mass is 10.1. The van der Waals surface area contributed by atoms with Crippen LogP contribution in [0.1, 0.15) is 5.56 Å². The van der Waals surface area contributed by atoms with Crippen molar-refractivity contribution in [1.82, 2.24) is 5.32 Å². The Morgan fingerprint density at radius 1 is 0.844 bits per heavy atom. The Kier molecular flexibility index (Phi) is 4.79. The van der Waals surface area contributed by atoms with Crippen molar-refractivity contribution >= 4 is 29.6 Å². The zero-order chi connectivity index (χ0) is 22.1. The number of hydrogen-bond donors (Lipinski definition) is 1. The van der Waals surface area contributed by atoms with Gasteiger partial charge in [-0.3, -0.25) is 14.9 Å². The lowest BCUT2D eigenvalue weighted by molar-refractivity contribution is -0.122. The molecule has 0 aromatic heterocycles. The maximum absolute atomic E-state index is 13.1. The fourth-order valence-corrected chi connectivity index (χ4v) is 3.38. The Balaban J connectivity index is 1.45. The average molecular weight is 428 g/mol. The number of anilines is 1. The number of amides is 4. The molecular formula is C24H16N2O6. The summed E-state index contributed by atoms with van der Waals surface area (Å²) < 4.78 is 16.4. The van der Waals surface area contributed by atoms with E-state index in [9.17, 15) is 14.4 Å². The number of ether oxygens (including phenoxy) is 3. The van der Waals surface area contributed by atoms with Crippen LogP contribution in [0.5, 0.6) is 23.0 Å². The summed E-state index contributed by atoms with van der Waals surface area (Å²) in [6, 6.07) is 20.0. The summed E-state index contributed by atoms with van der Waals surface area (Å²) in [6.45, 7) is 0.0595. The number of fused-ring (bicyclic) bond motifs is 1. The summed E-state index contributed by atoms with van der Waals surface area (Å²) >= 11 is 0. The minimum absolute atomic E-state index is 0.0595. The van der Waals surface area contributed by atoms with Gasteiger partial charge in [0, 0.05) is 6.07 Å². The molecule has 3 aromatic rings. The first kappa shape index (κ1) is 19.4. The number of carbonyl (C=O) groups excluding carboxylic acids is 3. The van der Waals surface area contributed by atoms with E-state index in [4.69, 9.17) is 14.2 Å². The maximum Gasteiger partial charge on any atom is 0.335 e. The smallest absolute Gasteiger partial charge is 0.335 e. The van der Waals surface area contributed by atoms with Gasteiger partial charge in [0.2, 0.25) is 6.79 Å². The molecule has 0 radical (unpaired) electrons. The van der Waals surface area contributed by atoms with Crippen molar-refractivity contribution in [3.05, 3.63) is 83.9 Å². The third kappa shape index (κ3) is 3.65. The molecule has 0 spiro atoms. The Bertz CT molecular complexity index is 1270. The van der Waals surface area contributed by atoms with Crippen LogP contribution in [-0.4, -0.2) is 24.6 Å². The third-order valence-corrected chi connectivity index (χ3v) is 4.86. The van der Waals surface area contributed by atoms with E-state index in [2.05, 4.69) is 5.32 Å². The fourth-order valence-electron chi connectivity index (χ4n) is 3.38. The van der Waals surface area contributed by atoms with Gasteiger partial charge in [-0.15, -0.1) is 0 Å². The van der Waals surface area contributed by atoms with Crippen LogP contribution in [0.4, 0.5) is 10.5 Å². The second-order valence-corrected chi connectivity index (χ2v) is 6.98. The molecule has 0 atom stereocenters. The SMILES string of the molecule is O=C1NC(=O)N(c2ccc3c(c2)OCO3)C(=O)C1=Cc1cccc(Oc2ccccc2)c1. The molecule has 158 valence electrons. The van der Waals surface area contributed by atoms with Crippen molar-refractivity contribution in [2.75, 3.05) is 11.7 Å². The van der Waals surface area contributed by atoms with Gasteiger partial charge in [-0.05, 0) is 48.0 Å². The monoisotopic (exact) mass is 428 g/mol. The zero-order valence-corrected chi connectivity index (χ0v) is 16.6. The highest BCUT2D eigenvalue weighted by atomic mass is 16.7. The van der Waals surface area contributed by atoms with Crippen LogP contribution in [0.3, 0.4) is 0 Å². The van der Waals surface area contributed by atoms with E-state index >= 15 is 0 Å². The second-order valence-electron chi connectivity index (χ2n) is 6.98. The first-order chi connectivity index (χ1) is 15.6. The number of barbiturate groups is 1. The number of imide groups is 2. The molecule has 8 heteroatoms. The molecule has 1 saturated heterocycles. The molecule has 0 aliphatic carbocycles. The Morgan fingerprint density at radius 3 is 2.47 bits per heavy atom. The molecule has 4 amide bonds. The predicted molar refractivity (Wildman–Crippen MR) is 115 cm³/mol. The summed E-state index contributed by atoms with van der Waals surface area (Å²) in [6.07, 6.45) is 1.42. The van der Waals surface area contributed by atoms with Crippen LogP contribution in [-0.2, 0) is 9.59 Å². The average Bonchev–Trinajstić information content (AvgIpc) is 3.26. The van der Waals surface area contributed by atoms with Crippen LogP contribution < -0.4 is 24.4 Å². The number of rotatable bonds is 4. The summed E-state index contributed by atoms with van der Waals surface area (Å²) in [4.78, 5) is 38.8. The Labute approximate surface area is 182 Å². The lowest BCUT2D eigenvalue weighted by Crippen LogP contribution is -2.54. The maximum atomic E-state index is 13.1. The summed E-state index contributed by atoms with van der Waals surface area (Å²) in [5.41, 5.74) is 0.646. The van der Waals surface area contributed by atoms with E-state index in [1.807, 2.05) is 30.3 Å².